The van der Waals surface area contributed by atoms with Gasteiger partial charge in [-0.15, -0.1) is 0 Å². The number of amides is 1. The average Bonchev–Trinajstić information content (AvgIpc) is 2.36. The zero-order valence-electron chi connectivity index (χ0n) is 11.8. The van der Waals surface area contributed by atoms with Crippen LogP contribution in [0.4, 0.5) is 5.69 Å². The first-order chi connectivity index (χ1) is 8.97. The molecule has 5 heteroatoms. The maximum atomic E-state index is 11.9. The number of anilines is 1. The van der Waals surface area contributed by atoms with E-state index in [0.717, 1.165) is 25.2 Å². The Bertz CT molecular complexity index is 451. The van der Waals surface area contributed by atoms with Gasteiger partial charge in [0.15, 0.2) is 0 Å². The van der Waals surface area contributed by atoms with Crippen molar-refractivity contribution in [1.29, 1.82) is 0 Å². The first-order valence-corrected chi connectivity index (χ1v) is 6.65. The highest BCUT2D eigenvalue weighted by Crippen LogP contribution is 2.22. The minimum absolute atomic E-state index is 0.0730. The fourth-order valence-electron chi connectivity index (χ4n) is 2.57. The number of nitrogens with two attached hydrogens (primary N) is 1. The van der Waals surface area contributed by atoms with Crippen molar-refractivity contribution in [2.45, 2.75) is 19.4 Å². The Morgan fingerprint density at radius 2 is 2.21 bits per heavy atom. The lowest BCUT2D eigenvalue weighted by Crippen LogP contribution is -2.46. The number of rotatable bonds is 2. The van der Waals surface area contributed by atoms with Crippen molar-refractivity contribution in [2.24, 2.45) is 11.7 Å². The predicted octanol–water partition coefficient (Wildman–Crippen LogP) is 0.957. The first-order valence-electron chi connectivity index (χ1n) is 6.65. The predicted molar refractivity (Wildman–Crippen MR) is 76.2 cm³/mol. The molecule has 1 aromatic rings. The molecule has 0 saturated carbocycles. The van der Waals surface area contributed by atoms with Gasteiger partial charge in [0, 0.05) is 45.1 Å². The molecule has 19 heavy (non-hydrogen) atoms. The van der Waals surface area contributed by atoms with Crippen LogP contribution >= 0.6 is 0 Å². The van der Waals surface area contributed by atoms with Gasteiger partial charge in [0.05, 0.1) is 0 Å². The Kier molecular flexibility index (Phi) is 4.04. The summed E-state index contributed by atoms with van der Waals surface area (Å²) in [5.41, 5.74) is 7.58. The SMILES string of the molecule is CC1CC(N)CN(c2ccnc(C(=O)N(C)C)c2)C1. The number of carbonyl (C=O) groups is 1. The molecule has 0 bridgehead atoms. The van der Waals surface area contributed by atoms with Crippen LogP contribution in [0.2, 0.25) is 0 Å². The molecule has 0 spiro atoms. The zero-order valence-corrected chi connectivity index (χ0v) is 11.8. The maximum absolute atomic E-state index is 11.9. The number of aromatic nitrogens is 1. The zero-order chi connectivity index (χ0) is 14.0. The summed E-state index contributed by atoms with van der Waals surface area (Å²) in [4.78, 5) is 19.9. The van der Waals surface area contributed by atoms with Crippen molar-refractivity contribution in [1.82, 2.24) is 9.88 Å². The van der Waals surface area contributed by atoms with Crippen molar-refractivity contribution in [2.75, 3.05) is 32.1 Å². The van der Waals surface area contributed by atoms with Crippen LogP contribution in [0.5, 0.6) is 0 Å². The van der Waals surface area contributed by atoms with E-state index in [9.17, 15) is 4.79 Å². The van der Waals surface area contributed by atoms with Crippen LogP contribution in [0.3, 0.4) is 0 Å². The number of carbonyl (C=O) groups excluding carboxylic acids is 1. The smallest absolute Gasteiger partial charge is 0.272 e. The summed E-state index contributed by atoms with van der Waals surface area (Å²) in [6, 6.07) is 3.99. The second-order valence-corrected chi connectivity index (χ2v) is 5.60. The average molecular weight is 262 g/mol. The summed E-state index contributed by atoms with van der Waals surface area (Å²) in [5.74, 6) is 0.501. The summed E-state index contributed by atoms with van der Waals surface area (Å²) in [5, 5.41) is 0. The van der Waals surface area contributed by atoms with E-state index >= 15 is 0 Å². The van der Waals surface area contributed by atoms with Gasteiger partial charge in [-0.05, 0) is 24.5 Å². The second-order valence-electron chi connectivity index (χ2n) is 5.60. The van der Waals surface area contributed by atoms with Gasteiger partial charge in [-0.25, -0.2) is 0 Å². The van der Waals surface area contributed by atoms with Crippen LogP contribution in [-0.2, 0) is 0 Å². The summed E-state index contributed by atoms with van der Waals surface area (Å²) in [7, 11) is 3.46. The van der Waals surface area contributed by atoms with E-state index in [1.807, 2.05) is 12.1 Å². The van der Waals surface area contributed by atoms with Crippen molar-refractivity contribution < 1.29 is 4.79 Å². The van der Waals surface area contributed by atoms with Crippen molar-refractivity contribution in [3.8, 4) is 0 Å². The van der Waals surface area contributed by atoms with Gasteiger partial charge in [0.2, 0.25) is 0 Å². The molecule has 2 rings (SSSR count). The highest BCUT2D eigenvalue weighted by Gasteiger charge is 2.23. The molecule has 5 nitrogen and oxygen atoms in total. The molecule has 1 amide bonds. The minimum Gasteiger partial charge on any atom is -0.370 e. The second kappa shape index (κ2) is 5.57. The molecular weight excluding hydrogens is 240 g/mol. The van der Waals surface area contributed by atoms with Crippen LogP contribution < -0.4 is 10.6 Å². The molecule has 2 N–H and O–H groups in total. The molecule has 1 aromatic heterocycles. The van der Waals surface area contributed by atoms with E-state index in [1.54, 1.807) is 20.3 Å². The molecule has 104 valence electrons. The molecule has 1 fully saturated rings. The summed E-state index contributed by atoms with van der Waals surface area (Å²) >= 11 is 0. The third kappa shape index (κ3) is 3.23. The van der Waals surface area contributed by atoms with Gasteiger partial charge in [0.1, 0.15) is 5.69 Å². The van der Waals surface area contributed by atoms with E-state index < -0.39 is 0 Å². The highest BCUT2D eigenvalue weighted by molar-refractivity contribution is 5.92. The molecule has 1 aliphatic rings. The summed E-state index contributed by atoms with van der Waals surface area (Å²) < 4.78 is 0. The van der Waals surface area contributed by atoms with Crippen LogP contribution in [0.25, 0.3) is 0 Å². The molecule has 2 atom stereocenters. The number of nitrogens with zero attached hydrogens (tertiary/aromatic N) is 3. The van der Waals surface area contributed by atoms with E-state index in [4.69, 9.17) is 5.73 Å². The molecular formula is C14H22N4O. The molecule has 2 unspecified atom stereocenters. The van der Waals surface area contributed by atoms with Gasteiger partial charge in [-0.1, -0.05) is 6.92 Å². The minimum atomic E-state index is -0.0730. The fraction of sp³-hybridized carbons (Fsp3) is 0.571. The quantitative estimate of drug-likeness (QED) is 0.862. The van der Waals surface area contributed by atoms with Crippen molar-refractivity contribution >= 4 is 11.6 Å². The van der Waals surface area contributed by atoms with Gasteiger partial charge in [0.25, 0.3) is 5.91 Å². The molecule has 1 aliphatic heterocycles. The van der Waals surface area contributed by atoms with Gasteiger partial charge < -0.3 is 15.5 Å². The van der Waals surface area contributed by atoms with Crippen molar-refractivity contribution in [3.63, 3.8) is 0 Å². The normalized spacial score (nSPS) is 23.3. The molecule has 0 radical (unpaired) electrons. The van der Waals surface area contributed by atoms with E-state index in [1.165, 1.54) is 4.90 Å². The lowest BCUT2D eigenvalue weighted by molar-refractivity contribution is 0.0822. The number of hydrogen-bond acceptors (Lipinski definition) is 4. The summed E-state index contributed by atoms with van der Waals surface area (Å²) in [6.45, 7) is 4.02. The highest BCUT2D eigenvalue weighted by atomic mass is 16.2. The molecule has 0 aliphatic carbocycles. The van der Waals surface area contributed by atoms with Crippen LogP contribution in [0, 0.1) is 5.92 Å². The largest absolute Gasteiger partial charge is 0.370 e. The number of piperidine rings is 1. The molecule has 1 saturated heterocycles. The van der Waals surface area contributed by atoms with E-state index in [2.05, 4.69) is 16.8 Å². The van der Waals surface area contributed by atoms with Gasteiger partial charge in [-0.3, -0.25) is 9.78 Å². The van der Waals surface area contributed by atoms with Gasteiger partial charge in [-0.2, -0.15) is 0 Å². The van der Waals surface area contributed by atoms with Gasteiger partial charge >= 0.3 is 0 Å². The lowest BCUT2D eigenvalue weighted by Gasteiger charge is -2.36. The Morgan fingerprint density at radius 1 is 1.47 bits per heavy atom. The first kappa shape index (κ1) is 13.8. The van der Waals surface area contributed by atoms with Crippen LogP contribution in [-0.4, -0.2) is 49.0 Å². The summed E-state index contributed by atoms with van der Waals surface area (Å²) in [6.07, 6.45) is 2.75. The monoisotopic (exact) mass is 262 g/mol. The van der Waals surface area contributed by atoms with Crippen LogP contribution in [0.1, 0.15) is 23.8 Å². The third-order valence-corrected chi connectivity index (χ3v) is 3.43. The third-order valence-electron chi connectivity index (χ3n) is 3.43. The van der Waals surface area contributed by atoms with Crippen LogP contribution in [0.15, 0.2) is 18.3 Å². The Hall–Kier alpha value is -1.62. The Morgan fingerprint density at radius 3 is 2.84 bits per heavy atom. The molecule has 2 heterocycles. The van der Waals surface area contributed by atoms with E-state index in [-0.39, 0.29) is 11.9 Å². The molecule has 0 aromatic carbocycles. The fourth-order valence-corrected chi connectivity index (χ4v) is 2.57. The van der Waals surface area contributed by atoms with E-state index in [0.29, 0.717) is 11.6 Å². The number of hydrogen-bond donors (Lipinski definition) is 1. The van der Waals surface area contributed by atoms with Crippen molar-refractivity contribution in [3.05, 3.63) is 24.0 Å². The maximum Gasteiger partial charge on any atom is 0.272 e. The Labute approximate surface area is 114 Å². The topological polar surface area (TPSA) is 62.5 Å². The Balaban J connectivity index is 2.21. The standard InChI is InChI=1S/C14H22N4O/c1-10-6-11(15)9-18(8-10)12-4-5-16-13(7-12)14(19)17(2)3/h4-5,7,10-11H,6,8-9,15H2,1-3H3. The number of pyridine rings is 1. The lowest BCUT2D eigenvalue weighted by atomic mass is 9.96.